The van der Waals surface area contributed by atoms with Crippen molar-refractivity contribution in [3.05, 3.63) is 58.2 Å². The number of benzene rings is 1. The summed E-state index contributed by atoms with van der Waals surface area (Å²) >= 11 is 0. The summed E-state index contributed by atoms with van der Waals surface area (Å²) in [7, 11) is -8.67. The van der Waals surface area contributed by atoms with Crippen LogP contribution in [0.3, 0.4) is 0 Å². The van der Waals surface area contributed by atoms with Crippen LogP contribution in [-0.2, 0) is 29.8 Å². The molecule has 0 amide bonds. The average Bonchev–Trinajstić information content (AvgIpc) is 3.38. The first-order valence-electron chi connectivity index (χ1n) is 12.7. The van der Waals surface area contributed by atoms with E-state index >= 15 is 0 Å². The van der Waals surface area contributed by atoms with E-state index in [2.05, 4.69) is 0 Å². The molecular formula is C28H32O8S2. The van der Waals surface area contributed by atoms with Crippen LogP contribution in [0.25, 0.3) is 12.2 Å². The predicted molar refractivity (Wildman–Crippen MR) is 143 cm³/mol. The molecule has 10 heteroatoms. The fourth-order valence-corrected chi connectivity index (χ4v) is 10.2. The molecule has 8 nitrogen and oxygen atoms in total. The van der Waals surface area contributed by atoms with Crippen molar-refractivity contribution in [2.45, 2.75) is 46.5 Å². The van der Waals surface area contributed by atoms with Crippen LogP contribution in [0.1, 0.15) is 57.6 Å². The molecule has 2 N–H and O–H groups in total. The molecule has 4 unspecified atom stereocenters. The Labute approximate surface area is 223 Å². The highest BCUT2D eigenvalue weighted by Gasteiger charge is 2.67. The van der Waals surface area contributed by atoms with E-state index in [4.69, 9.17) is 0 Å². The molecular weight excluding hydrogens is 528 g/mol. The third-order valence-electron chi connectivity index (χ3n) is 9.65. The molecule has 38 heavy (non-hydrogen) atoms. The lowest BCUT2D eigenvalue weighted by Gasteiger charge is -2.34. The van der Waals surface area contributed by atoms with E-state index in [9.17, 15) is 35.5 Å². The molecule has 4 bridgehead atoms. The lowest BCUT2D eigenvalue weighted by Crippen LogP contribution is -2.42. The van der Waals surface area contributed by atoms with Gasteiger partial charge in [-0.05, 0) is 67.2 Å². The summed E-state index contributed by atoms with van der Waals surface area (Å²) in [6, 6.07) is 7.28. The zero-order valence-corrected chi connectivity index (χ0v) is 23.2. The Morgan fingerprint density at radius 2 is 1.39 bits per heavy atom. The summed E-state index contributed by atoms with van der Waals surface area (Å²) < 4.78 is 66.0. The van der Waals surface area contributed by atoms with Crippen LogP contribution in [-0.4, -0.2) is 49.0 Å². The number of rotatable bonds is 6. The van der Waals surface area contributed by atoms with Crippen LogP contribution in [0.5, 0.6) is 0 Å². The summed E-state index contributed by atoms with van der Waals surface area (Å²) in [4.78, 5) is 26.8. The number of fused-ring (bicyclic) bond motifs is 4. The number of carbonyl (C=O) groups excluding carboxylic acids is 2. The van der Waals surface area contributed by atoms with Gasteiger partial charge in [-0.25, -0.2) is 0 Å². The first-order chi connectivity index (χ1) is 17.5. The maximum absolute atomic E-state index is 13.4. The van der Waals surface area contributed by atoms with E-state index in [1.54, 1.807) is 25.2 Å². The van der Waals surface area contributed by atoms with Gasteiger partial charge in [-0.2, -0.15) is 16.8 Å². The van der Waals surface area contributed by atoms with Gasteiger partial charge < -0.3 is 0 Å². The van der Waals surface area contributed by atoms with Gasteiger partial charge in [0.2, 0.25) is 0 Å². The molecule has 4 aliphatic rings. The number of hydrogen-bond donors (Lipinski definition) is 2. The van der Waals surface area contributed by atoms with Gasteiger partial charge in [0, 0.05) is 17.1 Å². The molecule has 4 saturated carbocycles. The van der Waals surface area contributed by atoms with Crippen LogP contribution in [0.4, 0.5) is 0 Å². The standard InChI is InChI=1S/C28H32O8S2/c1-4-22-19-9-11-27(22,15-37(31,32)33)24(29)20(19)13-17-5-7-18(8-6-17)14-21-23-10-12-28(25(21)30,26(23,2)3)16-38(34,35)36/h4-8,13-14,19,23H,9-12,15-16H2,1-3H3,(H,31,32,33)(H,34,35,36)/b20-13-,21-14-,22-4+. The predicted octanol–water partition coefficient (Wildman–Crippen LogP) is 4.16. The van der Waals surface area contributed by atoms with Crippen molar-refractivity contribution in [3.63, 3.8) is 0 Å². The molecule has 4 atom stereocenters. The number of ketones is 2. The number of Topliss-reactive ketones (excluding diaryl/α,β-unsaturated/α-hetero) is 2. The zero-order valence-electron chi connectivity index (χ0n) is 21.6. The highest BCUT2D eigenvalue weighted by molar-refractivity contribution is 7.86. The van der Waals surface area contributed by atoms with E-state index in [1.165, 1.54) is 0 Å². The van der Waals surface area contributed by atoms with Crippen LogP contribution >= 0.6 is 0 Å². The first kappa shape index (κ1) is 27.2. The van der Waals surface area contributed by atoms with E-state index in [1.807, 2.05) is 38.1 Å². The van der Waals surface area contributed by atoms with Gasteiger partial charge in [-0.3, -0.25) is 18.7 Å². The Morgan fingerprint density at radius 3 is 1.92 bits per heavy atom. The Hall–Kier alpha value is -2.40. The SMILES string of the molecule is C/C=C1\C2CCC1(CS(=O)(=O)O)C(=O)/C2=C\c1ccc(/C=C2\C(=O)C3(CS(=O)(=O)O)CCC2C3(C)C)cc1. The first-order valence-corrected chi connectivity index (χ1v) is 16.0. The molecule has 4 aliphatic carbocycles. The Bertz CT molecular complexity index is 1540. The summed E-state index contributed by atoms with van der Waals surface area (Å²) in [6.07, 6.45) is 7.48. The van der Waals surface area contributed by atoms with Gasteiger partial charge in [-0.1, -0.05) is 49.8 Å². The second-order valence-corrected chi connectivity index (χ2v) is 14.7. The highest BCUT2D eigenvalue weighted by atomic mass is 32.2. The minimum absolute atomic E-state index is 0.108. The molecule has 204 valence electrons. The molecule has 5 rings (SSSR count). The molecule has 0 heterocycles. The lowest BCUT2D eigenvalue weighted by atomic mass is 9.70. The van der Waals surface area contributed by atoms with Crippen molar-refractivity contribution in [2.24, 2.45) is 28.1 Å². The fraction of sp³-hybridized carbons (Fsp3) is 0.500. The largest absolute Gasteiger partial charge is 0.294 e. The highest BCUT2D eigenvalue weighted by Crippen LogP contribution is 2.66. The molecule has 0 radical (unpaired) electrons. The number of carbonyl (C=O) groups is 2. The normalized spacial score (nSPS) is 35.3. The lowest BCUT2D eigenvalue weighted by molar-refractivity contribution is -0.125. The molecule has 1 aromatic carbocycles. The van der Waals surface area contributed by atoms with Crippen molar-refractivity contribution in [2.75, 3.05) is 11.5 Å². The van der Waals surface area contributed by atoms with Crippen LogP contribution in [0, 0.1) is 28.1 Å². The van der Waals surface area contributed by atoms with Gasteiger partial charge in [0.1, 0.15) is 0 Å². The second kappa shape index (κ2) is 8.55. The minimum atomic E-state index is -4.34. The summed E-state index contributed by atoms with van der Waals surface area (Å²) in [5, 5.41) is 0. The molecule has 4 fully saturated rings. The van der Waals surface area contributed by atoms with Gasteiger partial charge in [0.15, 0.2) is 11.6 Å². The topological polar surface area (TPSA) is 143 Å². The van der Waals surface area contributed by atoms with E-state index < -0.39 is 48.0 Å². The van der Waals surface area contributed by atoms with Crippen LogP contribution in [0.15, 0.2) is 47.1 Å². The smallest absolute Gasteiger partial charge is 0.266 e. The summed E-state index contributed by atoms with van der Waals surface area (Å²) in [6.45, 7) is 5.57. The third-order valence-corrected chi connectivity index (χ3v) is 11.4. The van der Waals surface area contributed by atoms with Gasteiger partial charge >= 0.3 is 0 Å². The minimum Gasteiger partial charge on any atom is -0.294 e. The van der Waals surface area contributed by atoms with Crippen molar-refractivity contribution in [3.8, 4) is 0 Å². The van der Waals surface area contributed by atoms with Crippen molar-refractivity contribution in [1.82, 2.24) is 0 Å². The van der Waals surface area contributed by atoms with E-state index in [0.717, 1.165) is 16.7 Å². The van der Waals surface area contributed by atoms with Gasteiger partial charge in [0.05, 0.1) is 22.3 Å². The van der Waals surface area contributed by atoms with E-state index in [-0.39, 0.29) is 23.4 Å². The van der Waals surface area contributed by atoms with Crippen molar-refractivity contribution >= 4 is 44.0 Å². The maximum atomic E-state index is 13.4. The van der Waals surface area contributed by atoms with Gasteiger partial charge in [0.25, 0.3) is 20.2 Å². The Morgan fingerprint density at radius 1 is 0.842 bits per heavy atom. The number of allylic oxidation sites excluding steroid dienone is 4. The third kappa shape index (κ3) is 3.99. The second-order valence-electron chi connectivity index (χ2n) is 11.8. The molecule has 0 aromatic heterocycles. The van der Waals surface area contributed by atoms with Crippen molar-refractivity contribution < 1.29 is 35.5 Å². The fourth-order valence-electron chi connectivity index (χ4n) is 7.84. The van der Waals surface area contributed by atoms with Crippen LogP contribution < -0.4 is 0 Å². The average molecular weight is 561 g/mol. The molecule has 1 aromatic rings. The monoisotopic (exact) mass is 560 g/mol. The van der Waals surface area contributed by atoms with E-state index in [0.29, 0.717) is 36.8 Å². The summed E-state index contributed by atoms with van der Waals surface area (Å²) in [5.41, 5.74) is 0.452. The zero-order chi connectivity index (χ0) is 27.9. The van der Waals surface area contributed by atoms with Crippen LogP contribution in [0.2, 0.25) is 0 Å². The molecule has 0 spiro atoms. The summed E-state index contributed by atoms with van der Waals surface area (Å²) in [5.74, 6) is -1.95. The molecule has 0 aliphatic heterocycles. The van der Waals surface area contributed by atoms with Crippen molar-refractivity contribution in [1.29, 1.82) is 0 Å². The molecule has 0 saturated heterocycles. The Kier molecular flexibility index (Phi) is 6.11. The maximum Gasteiger partial charge on any atom is 0.266 e. The quantitative estimate of drug-likeness (QED) is 0.300. The number of hydrogen-bond acceptors (Lipinski definition) is 6. The Balaban J connectivity index is 1.44. The van der Waals surface area contributed by atoms with Gasteiger partial charge in [-0.15, -0.1) is 0 Å².